The molecule has 1 saturated carbocycles. The average molecular weight is 741 g/mol. The van der Waals surface area contributed by atoms with Crippen molar-refractivity contribution >= 4 is 17.9 Å². The minimum absolute atomic E-state index is 0.0342. The number of esters is 2. The van der Waals surface area contributed by atoms with Crippen molar-refractivity contribution in [3.8, 4) is 0 Å². The van der Waals surface area contributed by atoms with Crippen molar-refractivity contribution in [2.45, 2.75) is 161 Å². The van der Waals surface area contributed by atoms with Crippen LogP contribution in [0.3, 0.4) is 0 Å². The number of hydrogen-bond acceptors (Lipinski definition) is 6. The van der Waals surface area contributed by atoms with E-state index in [4.69, 9.17) is 9.47 Å². The third-order valence-corrected chi connectivity index (χ3v) is 13.7. The second-order valence-electron chi connectivity index (χ2n) is 21.1. The monoisotopic (exact) mass is 741 g/mol. The summed E-state index contributed by atoms with van der Waals surface area (Å²) >= 11 is 0. The van der Waals surface area contributed by atoms with Crippen LogP contribution >= 0.6 is 0 Å². The molecule has 0 aliphatic heterocycles. The largest absolute Gasteiger partial charge is 0.481 e. The van der Waals surface area contributed by atoms with Gasteiger partial charge in [-0.3, -0.25) is 9.59 Å². The molecule has 53 heavy (non-hydrogen) atoms. The second kappa shape index (κ2) is 17.4. The van der Waals surface area contributed by atoms with Gasteiger partial charge in [0.05, 0.1) is 24.5 Å². The maximum absolute atomic E-state index is 14.8. The first-order valence-corrected chi connectivity index (χ1v) is 19.9. The molecule has 2 rings (SSSR count). The molecule has 2 N–H and O–H groups in total. The quantitative estimate of drug-likeness (QED) is 0.121. The molecule has 0 amide bonds. The summed E-state index contributed by atoms with van der Waals surface area (Å²) in [4.78, 5) is 39.0. The molecule has 1 aliphatic carbocycles. The van der Waals surface area contributed by atoms with Gasteiger partial charge in [-0.15, -0.1) is 0 Å². The molecule has 1 aliphatic rings. The van der Waals surface area contributed by atoms with E-state index < -0.39 is 52.2 Å². The van der Waals surface area contributed by atoms with Gasteiger partial charge in [0, 0.05) is 6.08 Å². The van der Waals surface area contributed by atoms with Crippen LogP contribution in [0.1, 0.15) is 154 Å². The van der Waals surface area contributed by atoms with E-state index in [0.29, 0.717) is 32.1 Å². The van der Waals surface area contributed by atoms with Crippen LogP contribution in [0.25, 0.3) is 0 Å². The van der Waals surface area contributed by atoms with Crippen LogP contribution in [0.5, 0.6) is 0 Å². The average Bonchev–Trinajstić information content (AvgIpc) is 3.03. The molecule has 7 unspecified atom stereocenters. The van der Waals surface area contributed by atoms with Gasteiger partial charge in [0.1, 0.15) is 6.10 Å². The summed E-state index contributed by atoms with van der Waals surface area (Å²) in [6.07, 6.45) is 2.96. The zero-order chi connectivity index (χ0) is 41.0. The Bertz CT molecular complexity index is 1370. The minimum atomic E-state index is -0.885. The van der Waals surface area contributed by atoms with E-state index in [2.05, 4.69) is 120 Å². The number of aliphatic hydroxyl groups is 1. The van der Waals surface area contributed by atoms with Gasteiger partial charge >= 0.3 is 17.9 Å². The number of hydrogen-bond donors (Lipinski definition) is 2. The first-order valence-electron chi connectivity index (χ1n) is 19.9. The van der Waals surface area contributed by atoms with Gasteiger partial charge in [-0.2, -0.15) is 0 Å². The molecule has 7 nitrogen and oxygen atoms in total. The van der Waals surface area contributed by atoms with E-state index in [9.17, 15) is 24.6 Å². The van der Waals surface area contributed by atoms with Gasteiger partial charge < -0.3 is 19.7 Å². The zero-order valence-corrected chi connectivity index (χ0v) is 36.1. The lowest BCUT2D eigenvalue weighted by Crippen LogP contribution is -2.50. The van der Waals surface area contributed by atoms with Crippen LogP contribution in [0.2, 0.25) is 0 Å². The Labute approximate surface area is 323 Å². The predicted molar refractivity (Wildman–Crippen MR) is 215 cm³/mol. The Hall–Kier alpha value is -2.67. The number of carbonyl (C=O) groups excluding carboxylic acids is 2. The van der Waals surface area contributed by atoms with E-state index in [1.165, 1.54) is 5.56 Å². The maximum atomic E-state index is 14.8. The van der Waals surface area contributed by atoms with E-state index in [1.807, 2.05) is 20.8 Å². The van der Waals surface area contributed by atoms with Gasteiger partial charge in [-0.25, -0.2) is 4.79 Å². The Morgan fingerprint density at radius 3 is 1.89 bits per heavy atom. The number of carboxylic acid groups (broad SMARTS) is 1. The Morgan fingerprint density at radius 1 is 0.849 bits per heavy atom. The van der Waals surface area contributed by atoms with Crippen molar-refractivity contribution in [1.82, 2.24) is 0 Å². The van der Waals surface area contributed by atoms with Gasteiger partial charge in [-0.05, 0) is 94.3 Å². The molecule has 0 bridgehead atoms. The third-order valence-electron chi connectivity index (χ3n) is 13.7. The van der Waals surface area contributed by atoms with Crippen LogP contribution in [0.4, 0.5) is 0 Å². The van der Waals surface area contributed by atoms with Crippen molar-refractivity contribution in [2.24, 2.45) is 56.2 Å². The molecule has 0 aromatic heterocycles. The van der Waals surface area contributed by atoms with E-state index in [-0.39, 0.29) is 46.6 Å². The highest BCUT2D eigenvalue weighted by molar-refractivity contribution is 5.81. The zero-order valence-electron chi connectivity index (χ0n) is 36.1. The topological polar surface area (TPSA) is 110 Å². The molecule has 1 fully saturated rings. The summed E-state index contributed by atoms with van der Waals surface area (Å²) in [6.45, 7) is 36.4. The minimum Gasteiger partial charge on any atom is -0.481 e. The van der Waals surface area contributed by atoms with Crippen LogP contribution in [-0.4, -0.2) is 46.9 Å². The number of benzene rings is 1. The summed E-state index contributed by atoms with van der Waals surface area (Å²) < 4.78 is 11.6. The smallest absolute Gasteiger partial charge is 0.330 e. The van der Waals surface area contributed by atoms with E-state index >= 15 is 0 Å². The summed E-state index contributed by atoms with van der Waals surface area (Å²) in [5, 5.41) is 21.6. The fourth-order valence-electron chi connectivity index (χ4n) is 8.74. The molecule has 1 aromatic rings. The van der Waals surface area contributed by atoms with Crippen molar-refractivity contribution in [1.29, 1.82) is 0 Å². The van der Waals surface area contributed by atoms with Crippen molar-refractivity contribution < 1.29 is 34.1 Å². The highest BCUT2D eigenvalue weighted by Crippen LogP contribution is 2.58. The number of aliphatic hydroxyl groups excluding tert-OH is 1. The molecular formula is C46H76O7. The summed E-state index contributed by atoms with van der Waals surface area (Å²) in [5.41, 5.74) is -0.820. The Balaban J connectivity index is 2.57. The lowest BCUT2D eigenvalue weighted by Gasteiger charge is -2.53. The van der Waals surface area contributed by atoms with Gasteiger partial charge in [-0.1, -0.05) is 141 Å². The van der Waals surface area contributed by atoms with Crippen LogP contribution in [-0.2, 0) is 23.9 Å². The molecule has 302 valence electrons. The van der Waals surface area contributed by atoms with Gasteiger partial charge in [0.15, 0.2) is 0 Å². The first-order chi connectivity index (χ1) is 24.0. The van der Waals surface area contributed by atoms with Crippen molar-refractivity contribution in [3.05, 3.63) is 48.6 Å². The number of rotatable bonds is 17. The van der Waals surface area contributed by atoms with Crippen molar-refractivity contribution in [2.75, 3.05) is 6.61 Å². The number of carbonyl (C=O) groups is 3. The van der Waals surface area contributed by atoms with Crippen LogP contribution in [0.15, 0.2) is 43.0 Å². The lowest BCUT2D eigenvalue weighted by molar-refractivity contribution is -0.176. The third kappa shape index (κ3) is 12.2. The summed E-state index contributed by atoms with van der Waals surface area (Å²) in [6, 6.07) is 10.8. The molecule has 0 radical (unpaired) electrons. The molecular weight excluding hydrogens is 664 g/mol. The van der Waals surface area contributed by atoms with Crippen LogP contribution in [0, 0.1) is 56.2 Å². The highest BCUT2D eigenvalue weighted by atomic mass is 16.6. The standard InChI is InChI=1S/C46H76O7/c1-17-38(48)52-29-31-23-24-37(36(47)25-31)53-40(51)35(46(15,16)44(11,12)28-34(39(49)50)42(6,7)8)27-43(9,10)30(2)45(13,14)33(26-41(3,4)5)32-21-19-18-20-22-32/h17-22,30-31,33-37,47H,1,23-29H2,2-16H3,(H,49,50). The number of aliphatic carboxylic acids is 1. The molecule has 1 aromatic carbocycles. The van der Waals surface area contributed by atoms with Gasteiger partial charge in [0.2, 0.25) is 0 Å². The summed E-state index contributed by atoms with van der Waals surface area (Å²) in [7, 11) is 0. The normalized spacial score (nSPS) is 21.5. The molecule has 0 heterocycles. The molecule has 7 heteroatoms. The fraction of sp³-hybridized carbons (Fsp3) is 0.761. The van der Waals surface area contributed by atoms with Gasteiger partial charge in [0.25, 0.3) is 0 Å². The Morgan fingerprint density at radius 2 is 1.42 bits per heavy atom. The first kappa shape index (κ1) is 46.5. The molecule has 0 saturated heterocycles. The van der Waals surface area contributed by atoms with Crippen molar-refractivity contribution in [3.63, 3.8) is 0 Å². The predicted octanol–water partition coefficient (Wildman–Crippen LogP) is 10.9. The molecule has 7 atom stereocenters. The molecule has 0 spiro atoms. The SMILES string of the molecule is C=CC(=O)OCC1CCC(OC(=O)C(CC(C)(C)C(C)C(C)(C)C(CC(C)(C)C)c2ccccc2)C(C)(C)C(C)(C)CC(C(=O)O)C(C)(C)C)C(O)C1. The number of carboxylic acids is 1. The number of ether oxygens (including phenoxy) is 2. The van der Waals surface area contributed by atoms with Crippen LogP contribution < -0.4 is 0 Å². The highest BCUT2D eigenvalue weighted by Gasteiger charge is 2.54. The lowest BCUT2D eigenvalue weighted by atomic mass is 9.51. The van der Waals surface area contributed by atoms with E-state index in [0.717, 1.165) is 12.5 Å². The fourth-order valence-corrected chi connectivity index (χ4v) is 8.74. The summed E-state index contributed by atoms with van der Waals surface area (Å²) in [5.74, 6) is -2.48. The maximum Gasteiger partial charge on any atom is 0.330 e. The Kier molecular flexibility index (Phi) is 15.3. The van der Waals surface area contributed by atoms with E-state index in [1.54, 1.807) is 0 Å². The second-order valence-corrected chi connectivity index (χ2v) is 21.1.